The molecular formula is C19H26N6O. The molecule has 0 amide bonds. The Balaban J connectivity index is 1.65. The molecule has 1 saturated carbocycles. The number of fused-ring (bicyclic) bond motifs is 1. The summed E-state index contributed by atoms with van der Waals surface area (Å²) in [5, 5.41) is 7.89. The van der Waals surface area contributed by atoms with Gasteiger partial charge in [-0.3, -0.25) is 4.68 Å². The molecule has 0 atom stereocenters. The molecule has 0 unspecified atom stereocenters. The largest absolute Gasteiger partial charge is 0.490 e. The summed E-state index contributed by atoms with van der Waals surface area (Å²) >= 11 is 0. The number of aryl methyl sites for hydroxylation is 3. The Hall–Kier alpha value is -2.54. The Morgan fingerprint density at radius 3 is 2.62 bits per heavy atom. The van der Waals surface area contributed by atoms with Crippen LogP contribution in [0.25, 0.3) is 11.0 Å². The van der Waals surface area contributed by atoms with Crippen molar-refractivity contribution in [3.8, 4) is 5.75 Å². The second-order valence-electron chi connectivity index (χ2n) is 7.27. The molecule has 0 bridgehead atoms. The van der Waals surface area contributed by atoms with Gasteiger partial charge in [-0.05, 0) is 32.6 Å². The van der Waals surface area contributed by atoms with Crippen molar-refractivity contribution in [3.63, 3.8) is 0 Å². The van der Waals surface area contributed by atoms with E-state index in [1.165, 1.54) is 0 Å². The van der Waals surface area contributed by atoms with Crippen LogP contribution in [0.4, 0.5) is 11.5 Å². The maximum Gasteiger partial charge on any atom is 0.152 e. The van der Waals surface area contributed by atoms with Crippen LogP contribution >= 0.6 is 0 Å². The van der Waals surface area contributed by atoms with Crippen LogP contribution in [0.15, 0.2) is 24.5 Å². The van der Waals surface area contributed by atoms with Crippen LogP contribution in [0, 0.1) is 6.92 Å². The minimum Gasteiger partial charge on any atom is -0.490 e. The molecule has 2 aromatic heterocycles. The Kier molecular flexibility index (Phi) is 4.32. The lowest BCUT2D eigenvalue weighted by molar-refractivity contribution is 0.147. The van der Waals surface area contributed by atoms with Gasteiger partial charge in [0, 0.05) is 44.0 Å². The molecule has 4 rings (SSSR count). The molecule has 1 aromatic carbocycles. The number of hydrogen-bond acceptors (Lipinski definition) is 5. The first-order valence-corrected chi connectivity index (χ1v) is 9.14. The fraction of sp³-hybridized carbons (Fsp3) is 0.474. The highest BCUT2D eigenvalue weighted by Crippen LogP contribution is 2.32. The Bertz CT molecular complexity index is 900. The molecule has 0 aliphatic heterocycles. The zero-order chi connectivity index (χ0) is 18.3. The van der Waals surface area contributed by atoms with Gasteiger partial charge in [-0.15, -0.1) is 0 Å². The molecule has 138 valence electrons. The van der Waals surface area contributed by atoms with Crippen LogP contribution in [-0.2, 0) is 14.1 Å². The van der Waals surface area contributed by atoms with Gasteiger partial charge in [0.25, 0.3) is 0 Å². The standard InChI is InChI=1S/C19H26N6O/c1-12-8-18(23-25(12)3)22-16-9-15(10-17-19(16)21-11-24(17)2)26-14-6-4-13(20)5-7-14/h8-11,13-14H,4-7,20H2,1-3H3,(H,22,23)/t13-,14+. The first-order valence-electron chi connectivity index (χ1n) is 9.14. The zero-order valence-electron chi connectivity index (χ0n) is 15.6. The second kappa shape index (κ2) is 6.64. The molecule has 1 fully saturated rings. The number of benzene rings is 1. The van der Waals surface area contributed by atoms with Crippen molar-refractivity contribution in [3.05, 3.63) is 30.2 Å². The van der Waals surface area contributed by atoms with Crippen LogP contribution in [0.1, 0.15) is 31.4 Å². The lowest BCUT2D eigenvalue weighted by Crippen LogP contribution is -2.31. The summed E-state index contributed by atoms with van der Waals surface area (Å²) in [6.07, 6.45) is 6.11. The third-order valence-corrected chi connectivity index (χ3v) is 5.20. The smallest absolute Gasteiger partial charge is 0.152 e. The highest BCUT2D eigenvalue weighted by Gasteiger charge is 2.21. The van der Waals surface area contributed by atoms with Crippen molar-refractivity contribution in [1.29, 1.82) is 0 Å². The first-order chi connectivity index (χ1) is 12.5. The lowest BCUT2D eigenvalue weighted by Gasteiger charge is -2.27. The van der Waals surface area contributed by atoms with E-state index < -0.39 is 0 Å². The molecule has 0 radical (unpaired) electrons. The summed E-state index contributed by atoms with van der Waals surface area (Å²) in [6.45, 7) is 2.03. The molecule has 0 spiro atoms. The zero-order valence-corrected chi connectivity index (χ0v) is 15.6. The average molecular weight is 354 g/mol. The molecular weight excluding hydrogens is 328 g/mol. The minimum atomic E-state index is 0.227. The van der Waals surface area contributed by atoms with Crippen molar-refractivity contribution >= 4 is 22.5 Å². The lowest BCUT2D eigenvalue weighted by atomic mass is 9.94. The maximum atomic E-state index is 6.28. The number of ether oxygens (including phenoxy) is 1. The summed E-state index contributed by atoms with van der Waals surface area (Å²) in [5.41, 5.74) is 9.95. The van der Waals surface area contributed by atoms with E-state index >= 15 is 0 Å². The summed E-state index contributed by atoms with van der Waals surface area (Å²) in [7, 11) is 3.93. The van der Waals surface area contributed by atoms with Gasteiger partial charge in [0.15, 0.2) is 5.82 Å². The van der Waals surface area contributed by atoms with Crippen molar-refractivity contribution in [2.24, 2.45) is 19.8 Å². The Labute approximate surface area is 153 Å². The number of anilines is 2. The average Bonchev–Trinajstić information content (AvgIpc) is 3.13. The minimum absolute atomic E-state index is 0.227. The third-order valence-electron chi connectivity index (χ3n) is 5.20. The topological polar surface area (TPSA) is 82.9 Å². The summed E-state index contributed by atoms with van der Waals surface area (Å²) in [4.78, 5) is 4.54. The number of nitrogens with one attached hydrogen (secondary N) is 1. The predicted octanol–water partition coefficient (Wildman–Crippen LogP) is 3.01. The fourth-order valence-electron chi connectivity index (χ4n) is 3.53. The van der Waals surface area contributed by atoms with Gasteiger partial charge in [0.2, 0.25) is 0 Å². The number of hydrogen-bond donors (Lipinski definition) is 2. The van der Waals surface area contributed by atoms with E-state index in [0.717, 1.165) is 59.7 Å². The SMILES string of the molecule is Cc1cc(Nc2cc(O[C@H]3CC[C@@H](N)CC3)cc3c2ncn3C)nn1C. The molecule has 3 aromatic rings. The van der Waals surface area contributed by atoms with Crippen molar-refractivity contribution in [2.45, 2.75) is 44.8 Å². The molecule has 7 heteroatoms. The van der Waals surface area contributed by atoms with Crippen LogP contribution < -0.4 is 15.8 Å². The van der Waals surface area contributed by atoms with Crippen molar-refractivity contribution < 1.29 is 4.74 Å². The molecule has 2 heterocycles. The molecule has 26 heavy (non-hydrogen) atoms. The highest BCUT2D eigenvalue weighted by molar-refractivity contribution is 5.91. The summed E-state index contributed by atoms with van der Waals surface area (Å²) in [5.74, 6) is 1.66. The van der Waals surface area contributed by atoms with Gasteiger partial charge >= 0.3 is 0 Å². The fourth-order valence-corrected chi connectivity index (χ4v) is 3.53. The van der Waals surface area contributed by atoms with Gasteiger partial charge in [-0.1, -0.05) is 0 Å². The number of nitrogens with two attached hydrogens (primary N) is 1. The van der Waals surface area contributed by atoms with E-state index in [-0.39, 0.29) is 6.10 Å². The van der Waals surface area contributed by atoms with E-state index in [0.29, 0.717) is 6.04 Å². The van der Waals surface area contributed by atoms with Crippen molar-refractivity contribution in [2.75, 3.05) is 5.32 Å². The van der Waals surface area contributed by atoms with Crippen LogP contribution in [0.2, 0.25) is 0 Å². The third kappa shape index (κ3) is 3.26. The van der Waals surface area contributed by atoms with Crippen LogP contribution in [0.3, 0.4) is 0 Å². The van der Waals surface area contributed by atoms with Gasteiger partial charge in [0.05, 0.1) is 23.6 Å². The van der Waals surface area contributed by atoms with E-state index in [1.54, 1.807) is 0 Å². The van der Waals surface area contributed by atoms with Crippen molar-refractivity contribution in [1.82, 2.24) is 19.3 Å². The molecule has 3 N–H and O–H groups in total. The van der Waals surface area contributed by atoms with Crippen LogP contribution in [-0.4, -0.2) is 31.5 Å². The summed E-state index contributed by atoms with van der Waals surface area (Å²) < 4.78 is 10.1. The first kappa shape index (κ1) is 16.9. The molecule has 1 aliphatic rings. The monoisotopic (exact) mass is 354 g/mol. The van der Waals surface area contributed by atoms with E-state index in [9.17, 15) is 0 Å². The van der Waals surface area contributed by atoms with E-state index in [4.69, 9.17) is 10.5 Å². The number of rotatable bonds is 4. The maximum absolute atomic E-state index is 6.28. The number of nitrogens with zero attached hydrogens (tertiary/aromatic N) is 4. The molecule has 0 saturated heterocycles. The Morgan fingerprint density at radius 1 is 1.15 bits per heavy atom. The number of aromatic nitrogens is 4. The van der Waals surface area contributed by atoms with Gasteiger partial charge < -0.3 is 20.4 Å². The second-order valence-corrected chi connectivity index (χ2v) is 7.27. The summed E-state index contributed by atoms with van der Waals surface area (Å²) in [6, 6.07) is 6.42. The Morgan fingerprint density at radius 2 is 1.92 bits per heavy atom. The number of imidazole rings is 1. The van der Waals surface area contributed by atoms with Crippen LogP contribution in [0.5, 0.6) is 5.75 Å². The molecule has 1 aliphatic carbocycles. The van der Waals surface area contributed by atoms with Gasteiger partial charge in [-0.2, -0.15) is 5.10 Å². The predicted molar refractivity (Wildman–Crippen MR) is 103 cm³/mol. The van der Waals surface area contributed by atoms with E-state index in [2.05, 4.69) is 21.5 Å². The van der Waals surface area contributed by atoms with E-state index in [1.807, 2.05) is 48.7 Å². The normalized spacial score (nSPS) is 20.5. The molecule has 7 nitrogen and oxygen atoms in total. The van der Waals surface area contributed by atoms with Gasteiger partial charge in [-0.25, -0.2) is 4.98 Å². The highest BCUT2D eigenvalue weighted by atomic mass is 16.5. The quantitative estimate of drug-likeness (QED) is 0.752. The van der Waals surface area contributed by atoms with Gasteiger partial charge in [0.1, 0.15) is 11.3 Å².